The fourth-order valence-corrected chi connectivity index (χ4v) is 6.75. The molecule has 46 heavy (non-hydrogen) atoms. The van der Waals surface area contributed by atoms with Crippen LogP contribution in [0.4, 0.5) is 13.2 Å². The van der Waals surface area contributed by atoms with Crippen molar-refractivity contribution in [3.8, 4) is 6.07 Å². The van der Waals surface area contributed by atoms with Crippen LogP contribution in [-0.2, 0) is 16.1 Å². The molecule has 6 rings (SSSR count). The minimum absolute atomic E-state index is 0.147. The normalized spacial score (nSPS) is 15.1. The van der Waals surface area contributed by atoms with E-state index in [1.165, 1.54) is 31.2 Å². The summed E-state index contributed by atoms with van der Waals surface area (Å²) in [5.41, 5.74) is 1.41. The third-order valence-corrected chi connectivity index (χ3v) is 8.99. The largest absolute Gasteiger partial charge is 0.463 e. The Morgan fingerprint density at radius 2 is 1.80 bits per heavy atom. The number of benzene rings is 3. The number of thiazole rings is 1. The number of para-hydroxylation sites is 1. The van der Waals surface area contributed by atoms with Gasteiger partial charge in [0, 0.05) is 33.7 Å². The average molecular weight is 661 g/mol. The molecule has 5 aromatic rings. The molecule has 0 fully saturated rings. The second-order valence-electron chi connectivity index (χ2n) is 10.5. The van der Waals surface area contributed by atoms with Crippen LogP contribution in [0.1, 0.15) is 40.9 Å². The lowest BCUT2D eigenvalue weighted by Gasteiger charge is -2.26. The first-order chi connectivity index (χ1) is 22.0. The summed E-state index contributed by atoms with van der Waals surface area (Å²) >= 11 is 6.88. The number of ether oxygens (including phenoxy) is 1. The highest BCUT2D eigenvalue weighted by atomic mass is 35.5. The molecule has 0 saturated heterocycles. The van der Waals surface area contributed by atoms with Crippen molar-refractivity contribution in [1.82, 2.24) is 9.13 Å². The zero-order chi connectivity index (χ0) is 32.7. The number of hydrogen-bond donors (Lipinski definition) is 0. The fraction of sp³-hybridized carbons (Fsp3) is 0.176. The van der Waals surface area contributed by atoms with Crippen LogP contribution in [-0.4, -0.2) is 27.9 Å². The van der Waals surface area contributed by atoms with Crippen LogP contribution in [0.25, 0.3) is 17.0 Å². The van der Waals surface area contributed by atoms with E-state index in [0.717, 1.165) is 43.6 Å². The van der Waals surface area contributed by atoms with Crippen LogP contribution in [0.15, 0.2) is 93.9 Å². The quantitative estimate of drug-likeness (QED) is 0.204. The molecule has 3 heterocycles. The zero-order valence-corrected chi connectivity index (χ0v) is 26.0. The number of halogens is 4. The lowest BCUT2D eigenvalue weighted by Crippen LogP contribution is -2.41. The SMILES string of the molecule is CCOC(=O)C1=C(C(F)(F)F)N=c2s/c(=C\c3c(C)n(Cc4ccc(C#N)cc4)c4ccccc34)c(=O)n2[C@H]1c1ccc(Cl)cc1. The molecule has 0 amide bonds. The summed E-state index contributed by atoms with van der Waals surface area (Å²) in [6.07, 6.45) is -3.34. The van der Waals surface area contributed by atoms with Crippen molar-refractivity contribution >= 4 is 45.9 Å². The van der Waals surface area contributed by atoms with Crippen molar-refractivity contribution in [3.05, 3.63) is 137 Å². The van der Waals surface area contributed by atoms with E-state index in [9.17, 15) is 22.8 Å². The molecule has 0 bridgehead atoms. The highest BCUT2D eigenvalue weighted by Crippen LogP contribution is 2.38. The summed E-state index contributed by atoms with van der Waals surface area (Å²) in [5.74, 6) is -1.21. The number of alkyl halides is 3. The molecule has 12 heteroatoms. The van der Waals surface area contributed by atoms with E-state index in [0.29, 0.717) is 17.1 Å². The Bertz CT molecular complexity index is 2260. The van der Waals surface area contributed by atoms with Crippen molar-refractivity contribution in [2.45, 2.75) is 32.6 Å². The molecule has 0 aliphatic carbocycles. The average Bonchev–Trinajstić information content (AvgIpc) is 3.49. The van der Waals surface area contributed by atoms with Crippen LogP contribution in [0, 0.1) is 18.3 Å². The van der Waals surface area contributed by atoms with Crippen LogP contribution >= 0.6 is 22.9 Å². The van der Waals surface area contributed by atoms with Crippen molar-refractivity contribution < 1.29 is 22.7 Å². The Kier molecular flexibility index (Phi) is 8.19. The Morgan fingerprint density at radius 3 is 2.46 bits per heavy atom. The maximum absolute atomic E-state index is 14.5. The molecule has 1 atom stereocenters. The number of rotatable bonds is 6. The Labute approximate surface area is 269 Å². The summed E-state index contributed by atoms with van der Waals surface area (Å²) in [7, 11) is 0. The predicted molar refractivity (Wildman–Crippen MR) is 169 cm³/mol. The van der Waals surface area contributed by atoms with E-state index in [1.807, 2.05) is 43.3 Å². The molecule has 0 N–H and O–H groups in total. The molecule has 0 unspecified atom stereocenters. The third-order valence-electron chi connectivity index (χ3n) is 7.76. The van der Waals surface area contributed by atoms with Gasteiger partial charge in [0.2, 0.25) is 0 Å². The molecule has 3 aromatic carbocycles. The van der Waals surface area contributed by atoms with E-state index in [-0.39, 0.29) is 21.5 Å². The summed E-state index contributed by atoms with van der Waals surface area (Å²) in [6.45, 7) is 3.71. The highest BCUT2D eigenvalue weighted by molar-refractivity contribution is 7.07. The number of carbonyl (C=O) groups is 1. The summed E-state index contributed by atoms with van der Waals surface area (Å²) in [6, 6.07) is 21.4. The van der Waals surface area contributed by atoms with Gasteiger partial charge in [-0.3, -0.25) is 9.36 Å². The van der Waals surface area contributed by atoms with Crippen LogP contribution < -0.4 is 14.9 Å². The van der Waals surface area contributed by atoms with Gasteiger partial charge in [-0.15, -0.1) is 0 Å². The topological polar surface area (TPSA) is 89.4 Å². The van der Waals surface area contributed by atoms with Crippen molar-refractivity contribution in [2.24, 2.45) is 4.99 Å². The maximum atomic E-state index is 14.5. The monoisotopic (exact) mass is 660 g/mol. The maximum Gasteiger partial charge on any atom is 0.434 e. The van der Waals surface area contributed by atoms with E-state index in [4.69, 9.17) is 21.6 Å². The first kappa shape index (κ1) is 31.1. The van der Waals surface area contributed by atoms with Crippen LogP contribution in [0.3, 0.4) is 0 Å². The van der Waals surface area contributed by atoms with Gasteiger partial charge in [0.25, 0.3) is 5.56 Å². The van der Waals surface area contributed by atoms with Gasteiger partial charge in [-0.25, -0.2) is 9.79 Å². The molecule has 1 aliphatic rings. The molecule has 1 aliphatic heterocycles. The molecular formula is C34H24ClF3N4O3S. The summed E-state index contributed by atoms with van der Waals surface area (Å²) in [4.78, 5) is 30.9. The number of esters is 1. The van der Waals surface area contributed by atoms with Crippen LogP contribution in [0.2, 0.25) is 5.02 Å². The predicted octanol–water partition coefficient (Wildman–Crippen LogP) is 6.18. The summed E-state index contributed by atoms with van der Waals surface area (Å²) < 4.78 is 51.8. The van der Waals surface area contributed by atoms with E-state index in [2.05, 4.69) is 15.6 Å². The van der Waals surface area contributed by atoms with Gasteiger partial charge < -0.3 is 9.30 Å². The summed E-state index contributed by atoms with van der Waals surface area (Å²) in [5, 5.41) is 10.3. The number of hydrogen-bond acceptors (Lipinski definition) is 6. The van der Waals surface area contributed by atoms with Gasteiger partial charge in [0.15, 0.2) is 10.5 Å². The first-order valence-corrected chi connectivity index (χ1v) is 15.3. The number of allylic oxidation sites excluding steroid dienone is 1. The Hall–Kier alpha value is -4.92. The Morgan fingerprint density at radius 1 is 1.11 bits per heavy atom. The lowest BCUT2D eigenvalue weighted by atomic mass is 9.95. The zero-order valence-electron chi connectivity index (χ0n) is 24.4. The second kappa shape index (κ2) is 12.1. The molecule has 0 saturated carbocycles. The first-order valence-electron chi connectivity index (χ1n) is 14.1. The van der Waals surface area contributed by atoms with Gasteiger partial charge >= 0.3 is 12.1 Å². The molecule has 0 spiro atoms. The lowest BCUT2D eigenvalue weighted by molar-refractivity contribution is -0.140. The highest BCUT2D eigenvalue weighted by Gasteiger charge is 2.45. The van der Waals surface area contributed by atoms with Crippen molar-refractivity contribution in [3.63, 3.8) is 0 Å². The minimum atomic E-state index is -5.00. The van der Waals surface area contributed by atoms with Gasteiger partial charge in [0.05, 0.1) is 34.4 Å². The number of nitriles is 1. The number of aromatic nitrogens is 2. The molecule has 7 nitrogen and oxygen atoms in total. The van der Waals surface area contributed by atoms with E-state index >= 15 is 0 Å². The number of fused-ring (bicyclic) bond motifs is 2. The third kappa shape index (κ3) is 5.55. The van der Waals surface area contributed by atoms with Gasteiger partial charge in [-0.2, -0.15) is 18.4 Å². The number of carbonyl (C=O) groups excluding carboxylic acids is 1. The fourth-order valence-electron chi connectivity index (χ4n) is 5.64. The standard InChI is InChI=1S/C34H24ClF3N4O3S/c1-3-45-32(44)28-29(22-12-14-23(35)15-13-22)42-31(43)27(46-33(42)40-30(28)34(36,37)38)16-25-19(2)41(26-7-5-4-6-24(25)26)18-21-10-8-20(17-39)9-11-21/h4-16,29H,3,18H2,1-2H3/b27-16-/t29-/m0/s1. The molecule has 232 valence electrons. The van der Waals surface area contributed by atoms with Crippen molar-refractivity contribution in [2.75, 3.05) is 6.61 Å². The van der Waals surface area contributed by atoms with Crippen molar-refractivity contribution in [1.29, 1.82) is 5.26 Å². The van der Waals surface area contributed by atoms with Gasteiger partial charge in [-0.1, -0.05) is 65.4 Å². The van der Waals surface area contributed by atoms with Gasteiger partial charge in [-0.05, 0) is 61.4 Å². The Balaban J connectivity index is 1.58. The molecule has 0 radical (unpaired) electrons. The number of nitrogens with zero attached hydrogens (tertiary/aromatic N) is 4. The second-order valence-corrected chi connectivity index (χ2v) is 12.0. The van der Waals surface area contributed by atoms with Gasteiger partial charge in [0.1, 0.15) is 0 Å². The molecule has 2 aromatic heterocycles. The smallest absolute Gasteiger partial charge is 0.434 e. The minimum Gasteiger partial charge on any atom is -0.463 e. The van der Waals surface area contributed by atoms with E-state index in [1.54, 1.807) is 18.2 Å². The van der Waals surface area contributed by atoms with Crippen LogP contribution in [0.5, 0.6) is 0 Å². The molecular weight excluding hydrogens is 637 g/mol. The van der Waals surface area contributed by atoms with E-state index < -0.39 is 35.0 Å².